The van der Waals surface area contributed by atoms with Crippen LogP contribution in [0.15, 0.2) is 48.0 Å². The summed E-state index contributed by atoms with van der Waals surface area (Å²) in [5.74, 6) is 1.32. The first-order valence-electron chi connectivity index (χ1n) is 8.17. The van der Waals surface area contributed by atoms with Crippen molar-refractivity contribution < 1.29 is 17.9 Å². The summed E-state index contributed by atoms with van der Waals surface area (Å²) in [5, 5.41) is 3.65. The fourth-order valence-electron chi connectivity index (χ4n) is 2.22. The van der Waals surface area contributed by atoms with Gasteiger partial charge in [-0.15, -0.1) is 0 Å². The predicted molar refractivity (Wildman–Crippen MR) is 96.8 cm³/mol. The smallest absolute Gasteiger partial charge is 0.258 e. The van der Waals surface area contributed by atoms with Crippen LogP contribution in [0, 0.1) is 0 Å². The molecule has 1 saturated carbocycles. The third-order valence-electron chi connectivity index (χ3n) is 3.64. The first-order valence-corrected chi connectivity index (χ1v) is 10.1. The van der Waals surface area contributed by atoms with Crippen molar-refractivity contribution in [3.05, 3.63) is 59.4 Å². The molecule has 1 heterocycles. The van der Waals surface area contributed by atoms with Gasteiger partial charge in [-0.3, -0.25) is 4.79 Å². The van der Waals surface area contributed by atoms with Crippen LogP contribution in [-0.4, -0.2) is 37.1 Å². The van der Waals surface area contributed by atoms with E-state index in [2.05, 4.69) is 15.3 Å². The van der Waals surface area contributed by atoms with E-state index in [1.54, 1.807) is 12.1 Å². The number of nitrogens with one attached hydrogen (secondary N) is 1. The lowest BCUT2D eigenvalue weighted by Crippen LogP contribution is -2.24. The van der Waals surface area contributed by atoms with E-state index in [0.717, 1.165) is 24.5 Å². The minimum Gasteiger partial charge on any atom is -0.438 e. The van der Waals surface area contributed by atoms with Crippen molar-refractivity contribution in [2.45, 2.75) is 18.8 Å². The molecule has 1 aromatic carbocycles. The number of hydrogen-bond acceptors (Lipinski definition) is 6. The Kier molecular flexibility index (Phi) is 5.32. The van der Waals surface area contributed by atoms with Gasteiger partial charge < -0.3 is 10.1 Å². The van der Waals surface area contributed by atoms with E-state index in [0.29, 0.717) is 17.5 Å². The van der Waals surface area contributed by atoms with Gasteiger partial charge in [-0.25, -0.2) is 13.4 Å². The summed E-state index contributed by atoms with van der Waals surface area (Å²) >= 11 is 0. The summed E-state index contributed by atoms with van der Waals surface area (Å²) in [5.41, 5.74) is 0.200. The summed E-state index contributed by atoms with van der Waals surface area (Å²) in [4.78, 5) is 21.1. The molecule has 1 amide bonds. The third-order valence-corrected chi connectivity index (χ3v) is 4.33. The Labute approximate surface area is 152 Å². The van der Waals surface area contributed by atoms with Crippen LogP contribution in [0.4, 0.5) is 0 Å². The first-order chi connectivity index (χ1) is 12.4. The summed E-state index contributed by atoms with van der Waals surface area (Å²) in [6, 6.07) is 9.07. The molecule has 0 radical (unpaired) electrons. The highest BCUT2D eigenvalue weighted by Crippen LogP contribution is 2.39. The Balaban J connectivity index is 1.78. The predicted octanol–water partition coefficient (Wildman–Crippen LogP) is 2.43. The molecule has 3 rings (SSSR count). The average molecular weight is 373 g/mol. The molecule has 1 aliphatic carbocycles. The third kappa shape index (κ3) is 5.13. The molecule has 1 fully saturated rings. The molecule has 0 aliphatic heterocycles. The van der Waals surface area contributed by atoms with E-state index >= 15 is 0 Å². The zero-order valence-electron chi connectivity index (χ0n) is 14.3. The maximum Gasteiger partial charge on any atom is 0.258 e. The lowest BCUT2D eigenvalue weighted by atomic mass is 10.2. The van der Waals surface area contributed by atoms with Gasteiger partial charge in [0.05, 0.1) is 0 Å². The highest BCUT2D eigenvalue weighted by Gasteiger charge is 2.28. The molecule has 0 atom stereocenters. The number of carbonyl (C=O) groups excluding carboxylic acids is 1. The summed E-state index contributed by atoms with van der Waals surface area (Å²) in [6.45, 7) is 0.0705. The highest BCUT2D eigenvalue weighted by molar-refractivity contribution is 7.93. The highest BCUT2D eigenvalue weighted by atomic mass is 32.2. The molecule has 2 aromatic rings. The van der Waals surface area contributed by atoms with Crippen LogP contribution < -0.4 is 10.1 Å². The van der Waals surface area contributed by atoms with E-state index in [4.69, 9.17) is 4.74 Å². The Hall–Kier alpha value is -2.74. The van der Waals surface area contributed by atoms with Crippen molar-refractivity contribution in [1.82, 2.24) is 15.3 Å². The van der Waals surface area contributed by atoms with Crippen molar-refractivity contribution in [2.75, 3.05) is 12.8 Å². The quantitative estimate of drug-likeness (QED) is 0.800. The number of amides is 1. The van der Waals surface area contributed by atoms with Crippen LogP contribution in [0.2, 0.25) is 0 Å². The standard InChI is InChI=1S/C18H19N3O4S/c1-26(23,24)11-5-10-19-17(22)15-12-20-16(13-8-9-13)21-18(15)25-14-6-3-2-4-7-14/h2-7,11-13H,8-10H2,1H3,(H,19,22). The molecule has 8 heteroatoms. The van der Waals surface area contributed by atoms with Crippen LogP contribution >= 0.6 is 0 Å². The number of ether oxygens (including phenoxy) is 1. The van der Waals surface area contributed by atoms with Gasteiger partial charge in [-0.05, 0) is 25.0 Å². The van der Waals surface area contributed by atoms with Crippen molar-refractivity contribution in [3.63, 3.8) is 0 Å². The Bertz CT molecular complexity index is 923. The zero-order chi connectivity index (χ0) is 18.6. The lowest BCUT2D eigenvalue weighted by molar-refractivity contribution is 0.0954. The van der Waals surface area contributed by atoms with E-state index in [1.165, 1.54) is 12.3 Å². The van der Waals surface area contributed by atoms with Crippen molar-refractivity contribution in [2.24, 2.45) is 0 Å². The first kappa shape index (κ1) is 18.1. The minimum atomic E-state index is -3.23. The molecule has 0 spiro atoms. The average Bonchev–Trinajstić information content (AvgIpc) is 3.44. The van der Waals surface area contributed by atoms with Gasteiger partial charge in [-0.2, -0.15) is 4.98 Å². The summed E-state index contributed by atoms with van der Waals surface area (Å²) in [7, 11) is -3.23. The van der Waals surface area contributed by atoms with E-state index in [1.807, 2.05) is 18.2 Å². The molecular formula is C18H19N3O4S. The molecule has 7 nitrogen and oxygen atoms in total. The summed E-state index contributed by atoms with van der Waals surface area (Å²) in [6.07, 6.45) is 5.97. The van der Waals surface area contributed by atoms with Crippen molar-refractivity contribution in [3.8, 4) is 11.6 Å². The molecule has 0 saturated heterocycles. The van der Waals surface area contributed by atoms with Crippen LogP contribution in [0.25, 0.3) is 0 Å². The fraction of sp³-hybridized carbons (Fsp3) is 0.278. The van der Waals surface area contributed by atoms with Crippen LogP contribution in [-0.2, 0) is 9.84 Å². The van der Waals surface area contributed by atoms with E-state index in [9.17, 15) is 13.2 Å². The van der Waals surface area contributed by atoms with Gasteiger partial charge in [-0.1, -0.05) is 24.3 Å². The molecule has 1 N–H and O–H groups in total. The molecule has 1 aromatic heterocycles. The van der Waals surface area contributed by atoms with Gasteiger partial charge in [0, 0.05) is 30.3 Å². The van der Waals surface area contributed by atoms with Crippen LogP contribution in [0.3, 0.4) is 0 Å². The Morgan fingerprint density at radius 2 is 2.04 bits per heavy atom. The number of para-hydroxylation sites is 1. The van der Waals surface area contributed by atoms with Crippen molar-refractivity contribution >= 4 is 15.7 Å². The zero-order valence-corrected chi connectivity index (χ0v) is 15.1. The second-order valence-electron chi connectivity index (χ2n) is 6.05. The normalized spacial score (nSPS) is 14.3. The van der Waals surface area contributed by atoms with Crippen LogP contribution in [0.1, 0.15) is 34.9 Å². The SMILES string of the molecule is CS(=O)(=O)C=CCNC(=O)c1cnc(C2CC2)nc1Oc1ccccc1. The number of nitrogens with zero attached hydrogens (tertiary/aromatic N) is 2. The lowest BCUT2D eigenvalue weighted by Gasteiger charge is -2.11. The maximum absolute atomic E-state index is 12.4. The molecule has 0 unspecified atom stereocenters. The second kappa shape index (κ2) is 7.65. The monoisotopic (exact) mass is 373 g/mol. The molecule has 26 heavy (non-hydrogen) atoms. The minimum absolute atomic E-state index is 0.0705. The summed E-state index contributed by atoms with van der Waals surface area (Å²) < 4.78 is 27.9. The molecular weight excluding hydrogens is 354 g/mol. The van der Waals surface area contributed by atoms with Crippen molar-refractivity contribution in [1.29, 1.82) is 0 Å². The van der Waals surface area contributed by atoms with Crippen LogP contribution in [0.5, 0.6) is 11.6 Å². The number of rotatable bonds is 7. The maximum atomic E-state index is 12.4. The number of sulfone groups is 1. The van der Waals surface area contributed by atoms with Gasteiger partial charge in [0.1, 0.15) is 17.1 Å². The van der Waals surface area contributed by atoms with Gasteiger partial charge in [0.25, 0.3) is 5.91 Å². The molecule has 136 valence electrons. The molecule has 1 aliphatic rings. The largest absolute Gasteiger partial charge is 0.438 e. The second-order valence-corrected chi connectivity index (χ2v) is 7.98. The van der Waals surface area contributed by atoms with Gasteiger partial charge >= 0.3 is 0 Å². The Morgan fingerprint density at radius 1 is 1.31 bits per heavy atom. The number of aromatic nitrogens is 2. The fourth-order valence-corrected chi connectivity index (χ4v) is 2.67. The topological polar surface area (TPSA) is 98.2 Å². The number of benzene rings is 1. The van der Waals surface area contributed by atoms with E-state index in [-0.39, 0.29) is 18.0 Å². The number of carbonyl (C=O) groups is 1. The van der Waals surface area contributed by atoms with Gasteiger partial charge in [0.15, 0.2) is 9.84 Å². The molecule has 0 bridgehead atoms. The van der Waals surface area contributed by atoms with Gasteiger partial charge in [0.2, 0.25) is 5.88 Å². The number of hydrogen-bond donors (Lipinski definition) is 1. The van der Waals surface area contributed by atoms with E-state index < -0.39 is 15.7 Å². The Morgan fingerprint density at radius 3 is 2.69 bits per heavy atom.